The van der Waals surface area contributed by atoms with Gasteiger partial charge in [0.05, 0.1) is 6.54 Å². The fourth-order valence-electron chi connectivity index (χ4n) is 2.22. The molecule has 4 nitrogen and oxygen atoms in total. The molecule has 0 saturated carbocycles. The molecule has 2 aromatic rings. The highest BCUT2D eigenvalue weighted by Crippen LogP contribution is 2.11. The van der Waals surface area contributed by atoms with Gasteiger partial charge in [0.25, 0.3) is 0 Å². The molecule has 2 rings (SSSR count). The molecule has 0 heterocycles. The summed E-state index contributed by atoms with van der Waals surface area (Å²) in [5, 5.41) is 12.5. The number of nitrogens with zero attached hydrogens (tertiary/aromatic N) is 2. The number of phenolic OH excluding ortho intramolecular Hbond substituents is 1. The number of aromatic hydroxyl groups is 1. The van der Waals surface area contributed by atoms with Crippen LogP contribution in [0, 0.1) is 5.82 Å². The standard InChI is InChI=1S/C18H22FN3O.HI/c1-3-20-18(21-12-14-7-9-17(23)10-8-14)22(2)13-15-5-4-6-16(19)11-15;/h4-11,23H,3,12-13H2,1-2H3,(H,20,21);1H. The fraction of sp³-hybridized carbons (Fsp3) is 0.278. The first-order valence-corrected chi connectivity index (χ1v) is 7.60. The monoisotopic (exact) mass is 443 g/mol. The van der Waals surface area contributed by atoms with E-state index in [-0.39, 0.29) is 35.5 Å². The van der Waals surface area contributed by atoms with Gasteiger partial charge in [0.15, 0.2) is 5.96 Å². The molecule has 0 amide bonds. The van der Waals surface area contributed by atoms with Crippen molar-refractivity contribution in [1.82, 2.24) is 10.2 Å². The van der Waals surface area contributed by atoms with Crippen LogP contribution in [0.2, 0.25) is 0 Å². The van der Waals surface area contributed by atoms with Crippen molar-refractivity contribution >= 4 is 29.9 Å². The van der Waals surface area contributed by atoms with Gasteiger partial charge in [-0.1, -0.05) is 24.3 Å². The van der Waals surface area contributed by atoms with E-state index in [4.69, 9.17) is 0 Å². The summed E-state index contributed by atoms with van der Waals surface area (Å²) < 4.78 is 13.3. The van der Waals surface area contributed by atoms with Gasteiger partial charge in [-0.05, 0) is 42.3 Å². The Labute approximate surface area is 159 Å². The van der Waals surface area contributed by atoms with Gasteiger partial charge in [-0.15, -0.1) is 24.0 Å². The van der Waals surface area contributed by atoms with Gasteiger partial charge in [-0.3, -0.25) is 0 Å². The zero-order valence-electron chi connectivity index (χ0n) is 13.9. The summed E-state index contributed by atoms with van der Waals surface area (Å²) in [5.74, 6) is 0.764. The molecule has 0 fully saturated rings. The molecule has 130 valence electrons. The van der Waals surface area contributed by atoms with Crippen molar-refractivity contribution in [2.45, 2.75) is 20.0 Å². The lowest BCUT2D eigenvalue weighted by Crippen LogP contribution is -2.38. The summed E-state index contributed by atoms with van der Waals surface area (Å²) in [5.41, 5.74) is 1.90. The van der Waals surface area contributed by atoms with Gasteiger partial charge in [0.1, 0.15) is 11.6 Å². The smallest absolute Gasteiger partial charge is 0.194 e. The summed E-state index contributed by atoms with van der Waals surface area (Å²) in [6.07, 6.45) is 0. The van der Waals surface area contributed by atoms with Crippen LogP contribution >= 0.6 is 24.0 Å². The van der Waals surface area contributed by atoms with Gasteiger partial charge < -0.3 is 15.3 Å². The lowest BCUT2D eigenvalue weighted by atomic mass is 10.2. The average molecular weight is 443 g/mol. The topological polar surface area (TPSA) is 47.9 Å². The van der Waals surface area contributed by atoms with Crippen LogP contribution in [-0.2, 0) is 13.1 Å². The van der Waals surface area contributed by atoms with Crippen LogP contribution in [0.15, 0.2) is 53.5 Å². The van der Waals surface area contributed by atoms with Crippen molar-refractivity contribution in [2.24, 2.45) is 4.99 Å². The summed E-state index contributed by atoms with van der Waals surface area (Å²) >= 11 is 0. The van der Waals surface area contributed by atoms with Gasteiger partial charge in [0.2, 0.25) is 0 Å². The van der Waals surface area contributed by atoms with Crippen LogP contribution < -0.4 is 5.32 Å². The Hall–Kier alpha value is -1.83. The maximum Gasteiger partial charge on any atom is 0.194 e. The Kier molecular flexibility index (Phi) is 8.53. The van der Waals surface area contributed by atoms with E-state index in [9.17, 15) is 9.50 Å². The molecule has 0 unspecified atom stereocenters. The van der Waals surface area contributed by atoms with Gasteiger partial charge in [0, 0.05) is 20.1 Å². The van der Waals surface area contributed by atoms with Gasteiger partial charge in [-0.25, -0.2) is 9.38 Å². The Morgan fingerprint density at radius 3 is 2.50 bits per heavy atom. The Bertz CT molecular complexity index is 662. The third-order valence-electron chi connectivity index (χ3n) is 3.35. The molecule has 24 heavy (non-hydrogen) atoms. The quantitative estimate of drug-likeness (QED) is 0.421. The van der Waals surface area contributed by atoms with Crippen LogP contribution in [0.25, 0.3) is 0 Å². The van der Waals surface area contributed by atoms with Gasteiger partial charge in [-0.2, -0.15) is 0 Å². The zero-order chi connectivity index (χ0) is 16.7. The highest BCUT2D eigenvalue weighted by Gasteiger charge is 2.07. The molecule has 0 aliphatic heterocycles. The number of hydrogen-bond acceptors (Lipinski definition) is 2. The predicted octanol–water partition coefficient (Wildman–Crippen LogP) is 3.75. The maximum absolute atomic E-state index is 13.3. The number of phenols is 1. The Morgan fingerprint density at radius 1 is 1.17 bits per heavy atom. The normalized spacial score (nSPS) is 10.9. The first-order chi connectivity index (χ1) is 11.1. The molecule has 0 atom stereocenters. The molecule has 0 bridgehead atoms. The van der Waals surface area contributed by atoms with E-state index in [1.165, 1.54) is 12.1 Å². The number of hydrogen-bond donors (Lipinski definition) is 2. The minimum Gasteiger partial charge on any atom is -0.508 e. The van der Waals surface area contributed by atoms with E-state index in [1.807, 2.05) is 37.1 Å². The van der Waals surface area contributed by atoms with Crippen molar-refractivity contribution in [2.75, 3.05) is 13.6 Å². The molecular formula is C18H23FIN3O. The van der Waals surface area contributed by atoms with Crippen molar-refractivity contribution in [3.8, 4) is 5.75 Å². The van der Waals surface area contributed by atoms with Crippen LogP contribution in [0.4, 0.5) is 4.39 Å². The highest BCUT2D eigenvalue weighted by atomic mass is 127. The zero-order valence-corrected chi connectivity index (χ0v) is 16.2. The molecule has 2 aromatic carbocycles. The van der Waals surface area contributed by atoms with Crippen LogP contribution in [0.1, 0.15) is 18.1 Å². The third-order valence-corrected chi connectivity index (χ3v) is 3.35. The summed E-state index contributed by atoms with van der Waals surface area (Å²) in [6, 6.07) is 13.5. The Balaban J connectivity index is 0.00000288. The number of benzene rings is 2. The lowest BCUT2D eigenvalue weighted by Gasteiger charge is -2.22. The van der Waals surface area contributed by atoms with Crippen LogP contribution in [0.3, 0.4) is 0 Å². The van der Waals surface area contributed by atoms with E-state index in [0.717, 1.165) is 23.6 Å². The maximum atomic E-state index is 13.3. The SMILES string of the molecule is CCNC(=NCc1ccc(O)cc1)N(C)Cc1cccc(F)c1.I. The molecule has 0 saturated heterocycles. The molecule has 0 aliphatic carbocycles. The number of aliphatic imine (C=N–C) groups is 1. The number of halogens is 2. The predicted molar refractivity (Wildman–Crippen MR) is 106 cm³/mol. The molecule has 0 aromatic heterocycles. The minimum atomic E-state index is -0.234. The summed E-state index contributed by atoms with van der Waals surface area (Å²) in [4.78, 5) is 6.54. The Morgan fingerprint density at radius 2 is 1.88 bits per heavy atom. The molecule has 0 aliphatic rings. The van der Waals surface area contributed by atoms with E-state index < -0.39 is 0 Å². The first kappa shape index (κ1) is 20.2. The largest absolute Gasteiger partial charge is 0.508 e. The second-order valence-corrected chi connectivity index (χ2v) is 5.32. The van der Waals surface area contributed by atoms with Gasteiger partial charge >= 0.3 is 0 Å². The summed E-state index contributed by atoms with van der Waals surface area (Å²) in [7, 11) is 1.92. The highest BCUT2D eigenvalue weighted by molar-refractivity contribution is 14.0. The number of rotatable bonds is 5. The fourth-order valence-corrected chi connectivity index (χ4v) is 2.22. The number of nitrogens with one attached hydrogen (secondary N) is 1. The van der Waals surface area contributed by atoms with Crippen LogP contribution in [-0.4, -0.2) is 29.6 Å². The average Bonchev–Trinajstić information content (AvgIpc) is 2.53. The molecule has 0 radical (unpaired) electrons. The lowest BCUT2D eigenvalue weighted by molar-refractivity contribution is 0.473. The van der Waals surface area contributed by atoms with E-state index in [2.05, 4.69) is 10.3 Å². The molecular weight excluding hydrogens is 420 g/mol. The van der Waals surface area contributed by atoms with E-state index in [1.54, 1.807) is 18.2 Å². The van der Waals surface area contributed by atoms with Crippen molar-refractivity contribution < 1.29 is 9.50 Å². The first-order valence-electron chi connectivity index (χ1n) is 7.60. The third kappa shape index (κ3) is 6.35. The second-order valence-electron chi connectivity index (χ2n) is 5.32. The second kappa shape index (κ2) is 10.1. The van der Waals surface area contributed by atoms with Crippen LogP contribution in [0.5, 0.6) is 5.75 Å². The molecule has 2 N–H and O–H groups in total. The van der Waals surface area contributed by atoms with E-state index >= 15 is 0 Å². The minimum absolute atomic E-state index is 0. The van der Waals surface area contributed by atoms with E-state index in [0.29, 0.717) is 13.1 Å². The summed E-state index contributed by atoms with van der Waals surface area (Å²) in [6.45, 7) is 3.84. The molecule has 0 spiro atoms. The van der Waals surface area contributed by atoms with Crippen molar-refractivity contribution in [3.05, 3.63) is 65.5 Å². The molecule has 6 heteroatoms. The van der Waals surface area contributed by atoms with Crippen molar-refractivity contribution in [1.29, 1.82) is 0 Å². The number of guanidine groups is 1. The van der Waals surface area contributed by atoms with Crippen molar-refractivity contribution in [3.63, 3.8) is 0 Å².